The summed E-state index contributed by atoms with van der Waals surface area (Å²) in [4.78, 5) is 11.2. The molecule has 0 saturated heterocycles. The SMILES string of the molecule is CC/C(N)=C/C=C\C(CC)C(=O)OC. The van der Waals surface area contributed by atoms with Gasteiger partial charge in [0.15, 0.2) is 0 Å². The van der Waals surface area contributed by atoms with Gasteiger partial charge in [0.1, 0.15) is 0 Å². The molecule has 14 heavy (non-hydrogen) atoms. The topological polar surface area (TPSA) is 52.3 Å². The van der Waals surface area contributed by atoms with Gasteiger partial charge in [-0.1, -0.05) is 26.0 Å². The van der Waals surface area contributed by atoms with E-state index in [4.69, 9.17) is 5.73 Å². The standard InChI is InChI=1S/C11H19NO2/c1-4-9(11(13)14-3)7-6-8-10(12)5-2/h6-9H,4-5,12H2,1-3H3/b7-6-,10-8-. The van der Waals surface area contributed by atoms with Crippen molar-refractivity contribution in [3.05, 3.63) is 23.9 Å². The number of carbonyl (C=O) groups is 1. The molecule has 1 unspecified atom stereocenters. The first-order valence-electron chi connectivity index (χ1n) is 4.86. The average Bonchev–Trinajstić information content (AvgIpc) is 2.22. The van der Waals surface area contributed by atoms with E-state index in [-0.39, 0.29) is 11.9 Å². The minimum atomic E-state index is -0.202. The number of nitrogens with two attached hydrogens (primary N) is 1. The number of hydrogen-bond acceptors (Lipinski definition) is 3. The van der Waals surface area contributed by atoms with Gasteiger partial charge in [-0.25, -0.2) is 0 Å². The van der Waals surface area contributed by atoms with Crippen LogP contribution in [0.3, 0.4) is 0 Å². The smallest absolute Gasteiger partial charge is 0.312 e. The zero-order chi connectivity index (χ0) is 11.0. The predicted molar refractivity (Wildman–Crippen MR) is 57.5 cm³/mol. The second-order valence-corrected chi connectivity index (χ2v) is 3.02. The first kappa shape index (κ1) is 12.8. The molecule has 1 atom stereocenters. The molecule has 2 N–H and O–H groups in total. The van der Waals surface area contributed by atoms with Gasteiger partial charge in [-0.3, -0.25) is 4.79 Å². The van der Waals surface area contributed by atoms with Crippen molar-refractivity contribution in [2.75, 3.05) is 7.11 Å². The van der Waals surface area contributed by atoms with Crippen LogP contribution in [0, 0.1) is 5.92 Å². The third kappa shape index (κ3) is 4.70. The number of ether oxygens (including phenoxy) is 1. The van der Waals surface area contributed by atoms with Gasteiger partial charge < -0.3 is 10.5 Å². The molecule has 0 heterocycles. The molecule has 0 aromatic carbocycles. The Morgan fingerprint density at radius 1 is 1.50 bits per heavy atom. The van der Waals surface area contributed by atoms with Crippen LogP contribution in [-0.2, 0) is 9.53 Å². The molecule has 0 fully saturated rings. The van der Waals surface area contributed by atoms with E-state index >= 15 is 0 Å². The highest BCUT2D eigenvalue weighted by Crippen LogP contribution is 2.07. The number of hydrogen-bond donors (Lipinski definition) is 1. The lowest BCUT2D eigenvalue weighted by molar-refractivity contribution is -0.143. The van der Waals surface area contributed by atoms with Crippen molar-refractivity contribution in [1.82, 2.24) is 0 Å². The monoisotopic (exact) mass is 197 g/mol. The molecule has 3 nitrogen and oxygen atoms in total. The largest absolute Gasteiger partial charge is 0.469 e. The first-order valence-corrected chi connectivity index (χ1v) is 4.86. The number of methoxy groups -OCH3 is 1. The zero-order valence-electron chi connectivity index (χ0n) is 9.12. The third-order valence-corrected chi connectivity index (χ3v) is 2.01. The molecule has 0 aliphatic carbocycles. The maximum absolute atomic E-state index is 11.2. The van der Waals surface area contributed by atoms with Crippen LogP contribution in [0.1, 0.15) is 26.7 Å². The van der Waals surface area contributed by atoms with Crippen molar-refractivity contribution in [3.8, 4) is 0 Å². The average molecular weight is 197 g/mol. The summed E-state index contributed by atoms with van der Waals surface area (Å²) in [6, 6.07) is 0. The predicted octanol–water partition coefficient (Wildman–Crippen LogP) is 1.99. The Hall–Kier alpha value is -1.25. The minimum Gasteiger partial charge on any atom is -0.469 e. The summed E-state index contributed by atoms with van der Waals surface area (Å²) < 4.78 is 4.64. The zero-order valence-corrected chi connectivity index (χ0v) is 9.12. The Bertz CT molecular complexity index is 231. The molecule has 0 aliphatic rings. The number of carbonyl (C=O) groups excluding carboxylic acids is 1. The van der Waals surface area contributed by atoms with E-state index in [0.717, 1.165) is 18.5 Å². The van der Waals surface area contributed by atoms with Gasteiger partial charge >= 0.3 is 5.97 Å². The van der Waals surface area contributed by atoms with Crippen LogP contribution >= 0.6 is 0 Å². The van der Waals surface area contributed by atoms with E-state index in [1.807, 2.05) is 32.1 Å². The third-order valence-electron chi connectivity index (χ3n) is 2.01. The van der Waals surface area contributed by atoms with E-state index in [9.17, 15) is 4.79 Å². The molecular formula is C11H19NO2. The van der Waals surface area contributed by atoms with Crippen LogP contribution in [0.2, 0.25) is 0 Å². The summed E-state index contributed by atoms with van der Waals surface area (Å²) in [5.41, 5.74) is 6.41. The van der Waals surface area contributed by atoms with E-state index < -0.39 is 0 Å². The van der Waals surface area contributed by atoms with Crippen molar-refractivity contribution in [3.63, 3.8) is 0 Å². The molecule has 80 valence electrons. The van der Waals surface area contributed by atoms with Crippen LogP contribution in [-0.4, -0.2) is 13.1 Å². The van der Waals surface area contributed by atoms with Crippen molar-refractivity contribution < 1.29 is 9.53 Å². The molecular weight excluding hydrogens is 178 g/mol. The van der Waals surface area contributed by atoms with Gasteiger partial charge in [-0.05, 0) is 18.9 Å². The number of esters is 1. The van der Waals surface area contributed by atoms with Gasteiger partial charge in [0.25, 0.3) is 0 Å². The maximum atomic E-state index is 11.2. The summed E-state index contributed by atoms with van der Waals surface area (Å²) in [6.45, 7) is 3.93. The number of allylic oxidation sites excluding steroid dienone is 3. The van der Waals surface area contributed by atoms with E-state index in [0.29, 0.717) is 0 Å². The quantitative estimate of drug-likeness (QED) is 0.541. The highest BCUT2D eigenvalue weighted by molar-refractivity contribution is 5.74. The molecule has 0 bridgehead atoms. The lowest BCUT2D eigenvalue weighted by Gasteiger charge is -2.05. The Balaban J connectivity index is 4.24. The molecule has 0 amide bonds. The van der Waals surface area contributed by atoms with Crippen LogP contribution in [0.25, 0.3) is 0 Å². The van der Waals surface area contributed by atoms with Crippen LogP contribution in [0.4, 0.5) is 0 Å². The maximum Gasteiger partial charge on any atom is 0.312 e. The van der Waals surface area contributed by atoms with Crippen LogP contribution in [0.15, 0.2) is 23.9 Å². The first-order chi connectivity index (χ1) is 6.65. The Morgan fingerprint density at radius 2 is 2.14 bits per heavy atom. The molecule has 3 heteroatoms. The van der Waals surface area contributed by atoms with Crippen LogP contribution in [0.5, 0.6) is 0 Å². The fourth-order valence-corrected chi connectivity index (χ4v) is 0.964. The van der Waals surface area contributed by atoms with Gasteiger partial charge in [0.2, 0.25) is 0 Å². The van der Waals surface area contributed by atoms with Crippen molar-refractivity contribution >= 4 is 5.97 Å². The second-order valence-electron chi connectivity index (χ2n) is 3.02. The van der Waals surface area contributed by atoms with E-state index in [1.165, 1.54) is 7.11 Å². The summed E-state index contributed by atoms with van der Waals surface area (Å²) in [7, 11) is 1.40. The molecule has 0 aromatic rings. The second kappa shape index (κ2) is 7.18. The van der Waals surface area contributed by atoms with Gasteiger partial charge in [0, 0.05) is 5.70 Å². The molecule has 0 saturated carbocycles. The highest BCUT2D eigenvalue weighted by Gasteiger charge is 2.11. The van der Waals surface area contributed by atoms with E-state index in [1.54, 1.807) is 0 Å². The fourth-order valence-electron chi connectivity index (χ4n) is 0.964. The molecule has 0 rings (SSSR count). The lowest BCUT2D eigenvalue weighted by atomic mass is 10.1. The van der Waals surface area contributed by atoms with Gasteiger partial charge in [0.05, 0.1) is 13.0 Å². The molecule has 0 spiro atoms. The minimum absolute atomic E-state index is 0.166. The van der Waals surface area contributed by atoms with E-state index in [2.05, 4.69) is 4.74 Å². The fraction of sp³-hybridized carbons (Fsp3) is 0.545. The van der Waals surface area contributed by atoms with Gasteiger partial charge in [-0.2, -0.15) is 0 Å². The highest BCUT2D eigenvalue weighted by atomic mass is 16.5. The summed E-state index contributed by atoms with van der Waals surface area (Å²) >= 11 is 0. The summed E-state index contributed by atoms with van der Waals surface area (Å²) in [5, 5.41) is 0. The molecule has 0 aromatic heterocycles. The number of rotatable bonds is 5. The Labute approximate surface area is 85.6 Å². The Morgan fingerprint density at radius 3 is 2.57 bits per heavy atom. The van der Waals surface area contributed by atoms with Gasteiger partial charge in [-0.15, -0.1) is 0 Å². The summed E-state index contributed by atoms with van der Waals surface area (Å²) in [6.07, 6.45) is 6.99. The van der Waals surface area contributed by atoms with Crippen molar-refractivity contribution in [2.45, 2.75) is 26.7 Å². The van der Waals surface area contributed by atoms with Crippen molar-refractivity contribution in [1.29, 1.82) is 0 Å². The lowest BCUT2D eigenvalue weighted by Crippen LogP contribution is -2.12. The molecule has 0 aliphatic heterocycles. The summed E-state index contributed by atoms with van der Waals surface area (Å²) in [5.74, 6) is -0.367. The normalized spacial score (nSPS) is 14.4. The Kier molecular flexibility index (Phi) is 6.54. The molecule has 0 radical (unpaired) electrons. The van der Waals surface area contributed by atoms with Crippen LogP contribution < -0.4 is 5.73 Å². The van der Waals surface area contributed by atoms with Crippen molar-refractivity contribution in [2.24, 2.45) is 11.7 Å².